The molecule has 3 heterocycles. The van der Waals surface area contributed by atoms with Crippen LogP contribution in [0.3, 0.4) is 0 Å². The number of rotatable bonds is 4. The normalized spacial score (nSPS) is 13.3. The van der Waals surface area contributed by atoms with Crippen molar-refractivity contribution in [1.29, 1.82) is 0 Å². The van der Waals surface area contributed by atoms with Gasteiger partial charge < -0.3 is 14.0 Å². The first-order valence-corrected chi connectivity index (χ1v) is 10.8. The smallest absolute Gasteiger partial charge is 0.275 e. The molecule has 5 rings (SSSR count). The van der Waals surface area contributed by atoms with E-state index in [-0.39, 0.29) is 11.5 Å². The fourth-order valence-electron chi connectivity index (χ4n) is 4.10. The number of amides is 1. The SMILES string of the molecule is Cc1cn(-c2ccc3n(c2=O)CCN(Cc2cccc(-c4cccc(Cl)c4)c2)C3=O)cn1. The summed E-state index contributed by atoms with van der Waals surface area (Å²) < 4.78 is 3.26. The number of aromatic nitrogens is 3. The van der Waals surface area contributed by atoms with E-state index in [1.807, 2.05) is 49.4 Å². The Labute approximate surface area is 190 Å². The van der Waals surface area contributed by atoms with Gasteiger partial charge in [0.1, 0.15) is 11.4 Å². The second kappa shape index (κ2) is 8.13. The van der Waals surface area contributed by atoms with Crippen LogP contribution in [0.1, 0.15) is 21.7 Å². The molecule has 32 heavy (non-hydrogen) atoms. The van der Waals surface area contributed by atoms with E-state index in [0.717, 1.165) is 22.4 Å². The van der Waals surface area contributed by atoms with Crippen molar-refractivity contribution in [1.82, 2.24) is 19.0 Å². The highest BCUT2D eigenvalue weighted by Gasteiger charge is 2.26. The van der Waals surface area contributed by atoms with Gasteiger partial charge in [-0.05, 0) is 53.9 Å². The zero-order valence-corrected chi connectivity index (χ0v) is 18.3. The summed E-state index contributed by atoms with van der Waals surface area (Å²) in [5.41, 5.74) is 4.65. The Balaban J connectivity index is 1.40. The van der Waals surface area contributed by atoms with E-state index in [4.69, 9.17) is 11.6 Å². The number of fused-ring (bicyclic) bond motifs is 1. The van der Waals surface area contributed by atoms with Gasteiger partial charge in [0.2, 0.25) is 0 Å². The number of hydrogen-bond acceptors (Lipinski definition) is 3. The van der Waals surface area contributed by atoms with Gasteiger partial charge >= 0.3 is 0 Å². The molecule has 7 heteroatoms. The predicted octanol–water partition coefficient (Wildman–Crippen LogP) is 4.32. The van der Waals surface area contributed by atoms with Crippen LogP contribution in [-0.4, -0.2) is 31.5 Å². The molecule has 0 aliphatic carbocycles. The zero-order valence-electron chi connectivity index (χ0n) is 17.5. The van der Waals surface area contributed by atoms with Gasteiger partial charge in [0.05, 0.1) is 12.0 Å². The van der Waals surface area contributed by atoms with E-state index >= 15 is 0 Å². The minimum atomic E-state index is -0.184. The number of pyridine rings is 1. The molecule has 0 N–H and O–H groups in total. The Bertz CT molecular complexity index is 1390. The lowest BCUT2D eigenvalue weighted by Gasteiger charge is -2.30. The fraction of sp³-hybridized carbons (Fsp3) is 0.160. The number of hydrogen-bond donors (Lipinski definition) is 0. The van der Waals surface area contributed by atoms with Crippen molar-refractivity contribution >= 4 is 17.5 Å². The van der Waals surface area contributed by atoms with Gasteiger partial charge in [0, 0.05) is 30.9 Å². The average molecular weight is 445 g/mol. The molecule has 0 spiro atoms. The number of halogens is 1. The molecule has 0 radical (unpaired) electrons. The lowest BCUT2D eigenvalue weighted by atomic mass is 10.0. The average Bonchev–Trinajstić information content (AvgIpc) is 3.22. The quantitative estimate of drug-likeness (QED) is 0.471. The first-order chi connectivity index (χ1) is 15.5. The summed E-state index contributed by atoms with van der Waals surface area (Å²) in [5.74, 6) is -0.144. The first kappa shape index (κ1) is 20.3. The minimum absolute atomic E-state index is 0.144. The van der Waals surface area contributed by atoms with E-state index in [1.54, 1.807) is 38.7 Å². The molecule has 4 aromatic rings. The molecule has 160 valence electrons. The summed E-state index contributed by atoms with van der Waals surface area (Å²) in [4.78, 5) is 32.1. The van der Waals surface area contributed by atoms with Crippen molar-refractivity contribution in [3.63, 3.8) is 0 Å². The van der Waals surface area contributed by atoms with Crippen LogP contribution in [0.4, 0.5) is 0 Å². The Kier molecular flexibility index (Phi) is 5.15. The van der Waals surface area contributed by atoms with Crippen molar-refractivity contribution in [3.8, 4) is 16.8 Å². The molecule has 1 aliphatic rings. The summed E-state index contributed by atoms with van der Waals surface area (Å²) in [6.45, 7) is 3.27. The molecule has 1 aliphatic heterocycles. The van der Waals surface area contributed by atoms with Gasteiger partial charge in [0.15, 0.2) is 0 Å². The molecule has 1 amide bonds. The molecule has 6 nitrogen and oxygen atoms in total. The number of carbonyl (C=O) groups excluding carboxylic acids is 1. The summed E-state index contributed by atoms with van der Waals surface area (Å²) in [7, 11) is 0. The van der Waals surface area contributed by atoms with Crippen LogP contribution >= 0.6 is 11.6 Å². The van der Waals surface area contributed by atoms with Gasteiger partial charge in [-0.15, -0.1) is 0 Å². The van der Waals surface area contributed by atoms with Crippen LogP contribution in [-0.2, 0) is 13.1 Å². The lowest BCUT2D eigenvalue weighted by molar-refractivity contribution is 0.0686. The molecule has 0 atom stereocenters. The second-order valence-electron chi connectivity index (χ2n) is 7.92. The third-order valence-corrected chi connectivity index (χ3v) is 5.94. The molecular formula is C25H21ClN4O2. The largest absolute Gasteiger partial charge is 0.331 e. The highest BCUT2D eigenvalue weighted by molar-refractivity contribution is 6.30. The van der Waals surface area contributed by atoms with Crippen LogP contribution < -0.4 is 5.56 Å². The van der Waals surface area contributed by atoms with Crippen LogP contribution in [0, 0.1) is 6.92 Å². The van der Waals surface area contributed by atoms with Gasteiger partial charge in [0.25, 0.3) is 11.5 Å². The fourth-order valence-corrected chi connectivity index (χ4v) is 4.29. The van der Waals surface area contributed by atoms with Crippen molar-refractivity contribution in [2.24, 2.45) is 0 Å². The van der Waals surface area contributed by atoms with E-state index in [9.17, 15) is 9.59 Å². The third kappa shape index (κ3) is 3.74. The van der Waals surface area contributed by atoms with E-state index in [1.165, 1.54) is 0 Å². The maximum atomic E-state index is 13.2. The Morgan fingerprint density at radius 3 is 2.50 bits per heavy atom. The van der Waals surface area contributed by atoms with Crippen molar-refractivity contribution in [2.75, 3.05) is 6.54 Å². The third-order valence-electron chi connectivity index (χ3n) is 5.70. The van der Waals surface area contributed by atoms with Crippen molar-refractivity contribution in [2.45, 2.75) is 20.0 Å². The number of benzene rings is 2. The summed E-state index contributed by atoms with van der Waals surface area (Å²) in [6.07, 6.45) is 3.41. The van der Waals surface area contributed by atoms with Crippen molar-refractivity contribution < 1.29 is 4.79 Å². The van der Waals surface area contributed by atoms with Gasteiger partial charge in [-0.1, -0.05) is 41.9 Å². The minimum Gasteiger partial charge on any atom is -0.331 e. The van der Waals surface area contributed by atoms with Crippen molar-refractivity contribution in [3.05, 3.63) is 106 Å². The molecule has 2 aromatic heterocycles. The van der Waals surface area contributed by atoms with Crippen LogP contribution in [0.5, 0.6) is 0 Å². The molecular weight excluding hydrogens is 424 g/mol. The van der Waals surface area contributed by atoms with E-state index in [2.05, 4.69) is 11.1 Å². The second-order valence-corrected chi connectivity index (χ2v) is 8.36. The molecule has 2 aromatic carbocycles. The topological polar surface area (TPSA) is 60.1 Å². The monoisotopic (exact) mass is 444 g/mol. The van der Waals surface area contributed by atoms with Crippen LogP contribution in [0.15, 0.2) is 78.0 Å². The van der Waals surface area contributed by atoms with Gasteiger partial charge in [-0.25, -0.2) is 4.98 Å². The van der Waals surface area contributed by atoms with Crippen LogP contribution in [0.25, 0.3) is 16.8 Å². The van der Waals surface area contributed by atoms with Gasteiger partial charge in [-0.2, -0.15) is 0 Å². The molecule has 0 saturated carbocycles. The molecule has 0 unspecified atom stereocenters. The number of carbonyl (C=O) groups is 1. The molecule has 0 bridgehead atoms. The highest BCUT2D eigenvalue weighted by Crippen LogP contribution is 2.24. The maximum absolute atomic E-state index is 13.2. The first-order valence-electron chi connectivity index (χ1n) is 10.4. The van der Waals surface area contributed by atoms with Gasteiger partial charge in [-0.3, -0.25) is 9.59 Å². The Hall–Kier alpha value is -3.64. The summed E-state index contributed by atoms with van der Waals surface area (Å²) >= 11 is 6.14. The summed E-state index contributed by atoms with van der Waals surface area (Å²) in [5, 5.41) is 0.686. The van der Waals surface area contributed by atoms with E-state index < -0.39 is 0 Å². The summed E-state index contributed by atoms with van der Waals surface area (Å²) in [6, 6.07) is 19.2. The molecule has 0 saturated heterocycles. The maximum Gasteiger partial charge on any atom is 0.275 e. The van der Waals surface area contributed by atoms with Crippen LogP contribution in [0.2, 0.25) is 5.02 Å². The molecule has 0 fully saturated rings. The predicted molar refractivity (Wildman–Crippen MR) is 124 cm³/mol. The lowest BCUT2D eigenvalue weighted by Crippen LogP contribution is -2.44. The number of nitrogens with zero attached hydrogens (tertiary/aromatic N) is 4. The zero-order chi connectivity index (χ0) is 22.2. The Morgan fingerprint density at radius 1 is 0.969 bits per heavy atom. The standard InChI is InChI=1S/C25H21ClN4O2/c1-17-14-29(16-27-17)22-8-9-23-24(31)28(10-11-30(23)25(22)32)15-18-4-2-5-19(12-18)20-6-3-7-21(26)13-20/h2-9,12-14,16H,10-11,15H2,1H3. The number of imidazole rings is 1. The highest BCUT2D eigenvalue weighted by atomic mass is 35.5. The number of aryl methyl sites for hydroxylation is 1. The van der Waals surface area contributed by atoms with E-state index in [0.29, 0.717) is 36.0 Å². The Morgan fingerprint density at radius 2 is 1.75 bits per heavy atom.